The average molecular weight is 390 g/mol. The predicted octanol–water partition coefficient (Wildman–Crippen LogP) is 3.83. The Morgan fingerprint density at radius 1 is 1.07 bits per heavy atom. The van der Waals surface area contributed by atoms with Gasteiger partial charge in [-0.3, -0.25) is 4.79 Å². The van der Waals surface area contributed by atoms with Gasteiger partial charge in [-0.2, -0.15) is 0 Å². The first-order valence-electron chi connectivity index (χ1n) is 8.91. The van der Waals surface area contributed by atoms with Crippen molar-refractivity contribution in [1.82, 2.24) is 4.98 Å². The summed E-state index contributed by atoms with van der Waals surface area (Å²) in [7, 11) is 2.73. The van der Waals surface area contributed by atoms with E-state index >= 15 is 0 Å². The molecular formula is C22H18N2O5. The Morgan fingerprint density at radius 2 is 1.90 bits per heavy atom. The van der Waals surface area contributed by atoms with E-state index in [1.165, 1.54) is 26.4 Å². The van der Waals surface area contributed by atoms with Crippen LogP contribution in [0.3, 0.4) is 0 Å². The Bertz CT molecular complexity index is 1100. The van der Waals surface area contributed by atoms with Gasteiger partial charge in [-0.25, -0.2) is 9.78 Å². The van der Waals surface area contributed by atoms with Gasteiger partial charge >= 0.3 is 5.97 Å². The molecule has 0 radical (unpaired) electrons. The topological polar surface area (TPSA) is 78.0 Å². The van der Waals surface area contributed by atoms with Crippen LogP contribution in [0.4, 0.5) is 5.69 Å². The zero-order chi connectivity index (χ0) is 20.4. The number of benzene rings is 2. The number of amides is 1. The molecule has 1 aromatic heterocycles. The number of aromatic nitrogens is 1. The number of carbonyl (C=O) groups is 2. The quantitative estimate of drug-likeness (QED) is 0.633. The fraction of sp³-hybridized carbons (Fsp3) is 0.136. The number of methoxy groups -OCH3 is 2. The summed E-state index contributed by atoms with van der Waals surface area (Å²) in [5.74, 6) is 0.483. The largest absolute Gasteiger partial charge is 0.496 e. The van der Waals surface area contributed by atoms with Crippen LogP contribution < -0.4 is 14.4 Å². The maximum atomic E-state index is 13.4. The predicted molar refractivity (Wildman–Crippen MR) is 106 cm³/mol. The first-order valence-corrected chi connectivity index (χ1v) is 8.91. The molecule has 1 amide bonds. The third-order valence-corrected chi connectivity index (χ3v) is 4.64. The zero-order valence-corrected chi connectivity index (χ0v) is 15.9. The number of para-hydroxylation sites is 2. The maximum Gasteiger partial charge on any atom is 0.341 e. The summed E-state index contributed by atoms with van der Waals surface area (Å²) in [5, 5.41) is 0. The summed E-state index contributed by atoms with van der Waals surface area (Å²) >= 11 is 0. The second-order valence-corrected chi connectivity index (χ2v) is 6.34. The Hall–Kier alpha value is -3.87. The molecule has 1 aliphatic heterocycles. The molecule has 0 aliphatic carbocycles. The molecule has 1 aliphatic rings. The smallest absolute Gasteiger partial charge is 0.341 e. The molecule has 0 fully saturated rings. The number of fused-ring (bicyclic) bond motifs is 2. The fourth-order valence-corrected chi connectivity index (χ4v) is 3.20. The minimum atomic E-state index is -0.533. The van der Waals surface area contributed by atoms with E-state index in [4.69, 9.17) is 14.2 Å². The number of rotatable bonds is 3. The minimum absolute atomic E-state index is 0.251. The molecule has 0 atom stereocenters. The second-order valence-electron chi connectivity index (χ2n) is 6.34. The third-order valence-electron chi connectivity index (χ3n) is 4.64. The van der Waals surface area contributed by atoms with Crippen LogP contribution >= 0.6 is 0 Å². The third kappa shape index (κ3) is 3.38. The van der Waals surface area contributed by atoms with Crippen LogP contribution in [0.2, 0.25) is 0 Å². The molecule has 2 aromatic carbocycles. The van der Waals surface area contributed by atoms with E-state index in [1.807, 2.05) is 24.3 Å². The van der Waals surface area contributed by atoms with Crippen molar-refractivity contribution < 1.29 is 23.8 Å². The Morgan fingerprint density at radius 3 is 2.69 bits per heavy atom. The lowest BCUT2D eigenvalue weighted by molar-refractivity contribution is 0.0596. The van der Waals surface area contributed by atoms with Gasteiger partial charge < -0.3 is 19.1 Å². The lowest BCUT2D eigenvalue weighted by Gasteiger charge is -2.22. The highest BCUT2D eigenvalue weighted by molar-refractivity contribution is 6.08. The number of nitrogens with zero attached hydrogens (tertiary/aromatic N) is 2. The summed E-state index contributed by atoms with van der Waals surface area (Å²) in [5.41, 5.74) is 2.04. The number of anilines is 1. The van der Waals surface area contributed by atoms with E-state index < -0.39 is 5.97 Å². The molecule has 146 valence electrons. The van der Waals surface area contributed by atoms with Crippen molar-refractivity contribution in [3.63, 3.8) is 0 Å². The average Bonchev–Trinajstić information content (AvgIpc) is 2.94. The van der Waals surface area contributed by atoms with Crippen molar-refractivity contribution in [2.24, 2.45) is 0 Å². The molecule has 4 rings (SSSR count). The first kappa shape index (κ1) is 18.5. The summed E-state index contributed by atoms with van der Waals surface area (Å²) in [6.45, 7) is 0.292. The lowest BCUT2D eigenvalue weighted by Crippen LogP contribution is -2.30. The van der Waals surface area contributed by atoms with Gasteiger partial charge in [0.1, 0.15) is 11.3 Å². The molecular weight excluding hydrogens is 372 g/mol. The maximum absolute atomic E-state index is 13.4. The van der Waals surface area contributed by atoms with Crippen molar-refractivity contribution in [3.05, 3.63) is 77.5 Å². The van der Waals surface area contributed by atoms with E-state index in [2.05, 4.69) is 4.98 Å². The van der Waals surface area contributed by atoms with Crippen LogP contribution in [0.15, 0.2) is 60.8 Å². The summed E-state index contributed by atoms with van der Waals surface area (Å²) in [4.78, 5) is 31.2. The molecule has 0 saturated heterocycles. The van der Waals surface area contributed by atoms with Crippen LogP contribution in [0.1, 0.15) is 26.3 Å². The summed E-state index contributed by atoms with van der Waals surface area (Å²) in [6, 6.07) is 15.6. The molecule has 3 aromatic rings. The molecule has 0 N–H and O–H groups in total. The number of ether oxygens (including phenoxy) is 3. The van der Waals surface area contributed by atoms with Crippen LogP contribution in [0, 0.1) is 0 Å². The molecule has 7 heteroatoms. The molecule has 29 heavy (non-hydrogen) atoms. The van der Waals surface area contributed by atoms with E-state index in [0.717, 1.165) is 5.56 Å². The highest BCUT2D eigenvalue weighted by atomic mass is 16.5. The summed E-state index contributed by atoms with van der Waals surface area (Å²) < 4.78 is 16.0. The van der Waals surface area contributed by atoms with Gasteiger partial charge in [0.25, 0.3) is 5.91 Å². The van der Waals surface area contributed by atoms with Crippen LogP contribution in [0.5, 0.6) is 17.4 Å². The van der Waals surface area contributed by atoms with Crippen LogP contribution in [0.25, 0.3) is 0 Å². The molecule has 0 spiro atoms. The molecule has 0 bridgehead atoms. The standard InChI is InChI=1S/C22H18N2O5/c1-27-19-12-14(9-10-16(19)22(26)28-2)21(25)24-13-15-6-5-11-23-20(15)29-18-8-4-3-7-17(18)24/h3-12H,13H2,1-2H3. The van der Waals surface area contributed by atoms with Gasteiger partial charge in [0.2, 0.25) is 5.88 Å². The lowest BCUT2D eigenvalue weighted by atomic mass is 10.1. The van der Waals surface area contributed by atoms with E-state index in [1.54, 1.807) is 29.3 Å². The second kappa shape index (κ2) is 7.63. The number of carbonyl (C=O) groups excluding carboxylic acids is 2. The monoisotopic (exact) mass is 390 g/mol. The fourth-order valence-electron chi connectivity index (χ4n) is 3.20. The molecule has 0 unspecified atom stereocenters. The Kier molecular flexibility index (Phi) is 4.87. The Labute approximate surface area is 167 Å². The van der Waals surface area contributed by atoms with Gasteiger partial charge in [-0.15, -0.1) is 0 Å². The number of esters is 1. The summed E-state index contributed by atoms with van der Waals surface area (Å²) in [6.07, 6.45) is 1.65. The highest BCUT2D eigenvalue weighted by Gasteiger charge is 2.27. The number of hydrogen-bond acceptors (Lipinski definition) is 6. The van der Waals surface area contributed by atoms with Crippen molar-refractivity contribution >= 4 is 17.6 Å². The number of hydrogen-bond donors (Lipinski definition) is 0. The van der Waals surface area contributed by atoms with E-state index in [-0.39, 0.29) is 17.2 Å². The van der Waals surface area contributed by atoms with Gasteiger partial charge in [0.05, 0.1) is 26.5 Å². The van der Waals surface area contributed by atoms with E-state index in [9.17, 15) is 9.59 Å². The zero-order valence-electron chi connectivity index (χ0n) is 15.9. The molecule has 0 saturated carbocycles. The minimum Gasteiger partial charge on any atom is -0.496 e. The van der Waals surface area contributed by atoms with Crippen molar-refractivity contribution in [2.45, 2.75) is 6.54 Å². The van der Waals surface area contributed by atoms with Crippen LogP contribution in [-0.2, 0) is 11.3 Å². The SMILES string of the molecule is COC(=O)c1ccc(C(=O)N2Cc3cccnc3Oc3ccccc32)cc1OC. The molecule has 2 heterocycles. The van der Waals surface area contributed by atoms with Crippen molar-refractivity contribution in [3.8, 4) is 17.4 Å². The van der Waals surface area contributed by atoms with E-state index in [0.29, 0.717) is 29.4 Å². The van der Waals surface area contributed by atoms with Gasteiger partial charge in [0, 0.05) is 17.3 Å². The first-order chi connectivity index (χ1) is 14.1. The van der Waals surface area contributed by atoms with Gasteiger partial charge in [0.15, 0.2) is 5.75 Å². The molecule has 7 nitrogen and oxygen atoms in total. The Balaban J connectivity index is 1.77. The van der Waals surface area contributed by atoms with Gasteiger partial charge in [-0.1, -0.05) is 18.2 Å². The highest BCUT2D eigenvalue weighted by Crippen LogP contribution is 2.38. The van der Waals surface area contributed by atoms with Crippen molar-refractivity contribution in [1.29, 1.82) is 0 Å². The number of pyridine rings is 1. The normalized spacial score (nSPS) is 12.1. The van der Waals surface area contributed by atoms with Gasteiger partial charge in [-0.05, 0) is 36.4 Å². The van der Waals surface area contributed by atoms with Crippen molar-refractivity contribution in [2.75, 3.05) is 19.1 Å². The van der Waals surface area contributed by atoms with Crippen LogP contribution in [-0.4, -0.2) is 31.1 Å².